The maximum absolute atomic E-state index is 13.2. The molecule has 1 saturated heterocycles. The number of sulfonamides is 1. The summed E-state index contributed by atoms with van der Waals surface area (Å²) in [5, 5.41) is 0. The van der Waals surface area contributed by atoms with Crippen molar-refractivity contribution in [3.8, 4) is 0 Å². The number of anilines is 1. The van der Waals surface area contributed by atoms with Gasteiger partial charge in [-0.05, 0) is 35.9 Å². The molecule has 0 amide bonds. The molecule has 0 atom stereocenters. The van der Waals surface area contributed by atoms with Crippen LogP contribution in [0.4, 0.5) is 23.2 Å². The first-order chi connectivity index (χ1) is 12.6. The Morgan fingerprint density at radius 2 is 1.59 bits per heavy atom. The maximum Gasteiger partial charge on any atom is 0.416 e. The zero-order valence-electron chi connectivity index (χ0n) is 14.3. The largest absolute Gasteiger partial charge is 0.416 e. The molecule has 1 aliphatic rings. The molecule has 2 aromatic carbocycles. The number of nitrogens with zero attached hydrogens (tertiary/aromatic N) is 2. The van der Waals surface area contributed by atoms with Crippen LogP contribution in [0.1, 0.15) is 11.1 Å². The highest BCUT2D eigenvalue weighted by atomic mass is 32.2. The normalized spacial score (nSPS) is 16.5. The van der Waals surface area contributed by atoms with Gasteiger partial charge in [0.05, 0.1) is 11.3 Å². The fraction of sp³-hybridized carbons (Fsp3) is 0.333. The first kappa shape index (κ1) is 19.6. The summed E-state index contributed by atoms with van der Waals surface area (Å²) in [7, 11) is -3.63. The van der Waals surface area contributed by atoms with Gasteiger partial charge in [0.1, 0.15) is 5.82 Å². The van der Waals surface area contributed by atoms with Gasteiger partial charge in [-0.2, -0.15) is 17.5 Å². The molecule has 1 heterocycles. The lowest BCUT2D eigenvalue weighted by atomic mass is 10.1. The predicted octanol–water partition coefficient (Wildman–Crippen LogP) is 3.50. The number of alkyl halides is 3. The Kier molecular flexibility index (Phi) is 5.43. The molecule has 2 aromatic rings. The topological polar surface area (TPSA) is 40.6 Å². The lowest BCUT2D eigenvalue weighted by molar-refractivity contribution is -0.137. The third-order valence-corrected chi connectivity index (χ3v) is 6.26. The second-order valence-corrected chi connectivity index (χ2v) is 8.29. The van der Waals surface area contributed by atoms with Crippen molar-refractivity contribution < 1.29 is 26.0 Å². The lowest BCUT2D eigenvalue weighted by Gasteiger charge is -2.35. The molecule has 27 heavy (non-hydrogen) atoms. The Hall–Kier alpha value is -2.13. The van der Waals surface area contributed by atoms with Gasteiger partial charge in [0.2, 0.25) is 10.0 Å². The molecule has 1 fully saturated rings. The van der Waals surface area contributed by atoms with Gasteiger partial charge in [0.25, 0.3) is 0 Å². The Morgan fingerprint density at radius 1 is 0.926 bits per heavy atom. The van der Waals surface area contributed by atoms with E-state index in [1.54, 1.807) is 17.0 Å². The van der Waals surface area contributed by atoms with E-state index >= 15 is 0 Å². The minimum Gasteiger partial charge on any atom is -0.369 e. The van der Waals surface area contributed by atoms with Crippen molar-refractivity contribution in [3.63, 3.8) is 0 Å². The molecule has 4 nitrogen and oxygen atoms in total. The fourth-order valence-corrected chi connectivity index (χ4v) is 4.54. The number of hydrogen-bond donors (Lipinski definition) is 0. The van der Waals surface area contributed by atoms with Crippen molar-refractivity contribution in [1.29, 1.82) is 0 Å². The van der Waals surface area contributed by atoms with Crippen LogP contribution in [-0.4, -0.2) is 38.9 Å². The second-order valence-electron chi connectivity index (χ2n) is 6.32. The monoisotopic (exact) mass is 402 g/mol. The zero-order chi connectivity index (χ0) is 19.7. The molecule has 1 aliphatic heterocycles. The van der Waals surface area contributed by atoms with Crippen molar-refractivity contribution in [2.45, 2.75) is 11.9 Å². The van der Waals surface area contributed by atoms with Crippen LogP contribution in [0.15, 0.2) is 48.5 Å². The van der Waals surface area contributed by atoms with E-state index in [9.17, 15) is 26.0 Å². The van der Waals surface area contributed by atoms with Crippen molar-refractivity contribution in [1.82, 2.24) is 4.31 Å². The minimum atomic E-state index is -4.42. The Labute approximate surface area is 155 Å². The minimum absolute atomic E-state index is 0.161. The molecule has 0 aromatic heterocycles. The van der Waals surface area contributed by atoms with Gasteiger partial charge in [-0.3, -0.25) is 0 Å². The van der Waals surface area contributed by atoms with E-state index in [4.69, 9.17) is 0 Å². The highest BCUT2D eigenvalue weighted by Crippen LogP contribution is 2.32. The first-order valence-corrected chi connectivity index (χ1v) is 9.90. The average molecular weight is 402 g/mol. The quantitative estimate of drug-likeness (QED) is 0.735. The summed E-state index contributed by atoms with van der Waals surface area (Å²) in [6, 6.07) is 10.4. The summed E-state index contributed by atoms with van der Waals surface area (Å²) < 4.78 is 78.2. The molecule has 0 bridgehead atoms. The van der Waals surface area contributed by atoms with E-state index in [0.29, 0.717) is 11.3 Å². The van der Waals surface area contributed by atoms with E-state index in [0.717, 1.165) is 12.1 Å². The molecular formula is C18H18F4N2O2S. The highest BCUT2D eigenvalue weighted by Gasteiger charge is 2.32. The molecule has 0 spiro atoms. The molecule has 146 valence electrons. The van der Waals surface area contributed by atoms with E-state index in [1.807, 2.05) is 0 Å². The highest BCUT2D eigenvalue weighted by molar-refractivity contribution is 7.88. The molecule has 0 saturated carbocycles. The van der Waals surface area contributed by atoms with Crippen LogP contribution in [0.3, 0.4) is 0 Å². The molecular weight excluding hydrogens is 384 g/mol. The number of benzene rings is 2. The van der Waals surface area contributed by atoms with Gasteiger partial charge in [-0.1, -0.05) is 18.2 Å². The summed E-state index contributed by atoms with van der Waals surface area (Å²) in [4.78, 5) is 1.73. The molecule has 9 heteroatoms. The van der Waals surface area contributed by atoms with E-state index in [-0.39, 0.29) is 31.9 Å². The van der Waals surface area contributed by atoms with Crippen molar-refractivity contribution in [2.24, 2.45) is 0 Å². The standard InChI is InChI=1S/C18H18F4N2O2S/c19-16-5-1-3-14(11-16)13-27(25,26)24-9-7-23(8-10-24)17-6-2-4-15(12-17)18(20,21)22/h1-6,11-12H,7-10,13H2. The van der Waals surface area contributed by atoms with Crippen molar-refractivity contribution in [3.05, 3.63) is 65.5 Å². The van der Waals surface area contributed by atoms with Gasteiger partial charge >= 0.3 is 6.18 Å². The SMILES string of the molecule is O=S(=O)(Cc1cccc(F)c1)N1CCN(c2cccc(C(F)(F)F)c2)CC1. The van der Waals surface area contributed by atoms with Crippen molar-refractivity contribution in [2.75, 3.05) is 31.1 Å². The molecule has 0 unspecified atom stereocenters. The molecule has 0 aliphatic carbocycles. The molecule has 0 radical (unpaired) electrons. The number of rotatable bonds is 4. The van der Waals surface area contributed by atoms with E-state index < -0.39 is 27.6 Å². The van der Waals surface area contributed by atoms with Crippen LogP contribution in [0.2, 0.25) is 0 Å². The summed E-state index contributed by atoms with van der Waals surface area (Å²) in [5.74, 6) is -0.814. The van der Waals surface area contributed by atoms with E-state index in [2.05, 4.69) is 0 Å². The van der Waals surface area contributed by atoms with Crippen LogP contribution in [-0.2, 0) is 22.0 Å². The van der Waals surface area contributed by atoms with Gasteiger partial charge < -0.3 is 4.90 Å². The number of hydrogen-bond acceptors (Lipinski definition) is 3. The van der Waals surface area contributed by atoms with Gasteiger partial charge in [0, 0.05) is 31.9 Å². The van der Waals surface area contributed by atoms with Gasteiger partial charge in [-0.15, -0.1) is 0 Å². The van der Waals surface area contributed by atoms with Gasteiger partial charge in [-0.25, -0.2) is 12.8 Å². The third-order valence-electron chi connectivity index (χ3n) is 4.41. The summed E-state index contributed by atoms with van der Waals surface area (Å²) in [5.41, 5.74) is 0.0310. The van der Waals surface area contributed by atoms with Crippen LogP contribution in [0.5, 0.6) is 0 Å². The summed E-state index contributed by atoms with van der Waals surface area (Å²) >= 11 is 0. The Balaban J connectivity index is 1.66. The fourth-order valence-electron chi connectivity index (χ4n) is 3.03. The number of halogens is 4. The smallest absolute Gasteiger partial charge is 0.369 e. The first-order valence-electron chi connectivity index (χ1n) is 8.30. The van der Waals surface area contributed by atoms with Gasteiger partial charge in [0.15, 0.2) is 0 Å². The van der Waals surface area contributed by atoms with Crippen LogP contribution < -0.4 is 4.90 Å². The second kappa shape index (κ2) is 7.47. The average Bonchev–Trinajstić information content (AvgIpc) is 2.61. The summed E-state index contributed by atoms with van der Waals surface area (Å²) in [6.07, 6.45) is -4.42. The third kappa shape index (κ3) is 4.78. The summed E-state index contributed by atoms with van der Waals surface area (Å²) in [6.45, 7) is 0.884. The lowest BCUT2D eigenvalue weighted by Crippen LogP contribution is -2.49. The Morgan fingerprint density at radius 3 is 2.22 bits per heavy atom. The maximum atomic E-state index is 13.2. The number of piperazine rings is 1. The van der Waals surface area contributed by atoms with Crippen LogP contribution in [0, 0.1) is 5.82 Å². The predicted molar refractivity (Wildman–Crippen MR) is 94.3 cm³/mol. The van der Waals surface area contributed by atoms with Crippen LogP contribution in [0.25, 0.3) is 0 Å². The zero-order valence-corrected chi connectivity index (χ0v) is 15.1. The van der Waals surface area contributed by atoms with E-state index in [1.165, 1.54) is 28.6 Å². The Bertz CT molecular complexity index is 908. The van der Waals surface area contributed by atoms with Crippen LogP contribution >= 0.6 is 0 Å². The molecule has 0 N–H and O–H groups in total. The molecule has 3 rings (SSSR count). The van der Waals surface area contributed by atoms with Crippen molar-refractivity contribution >= 4 is 15.7 Å².